The standard InChI is InChI=1S/C10H12N2O/c1-3-7-4-5-9-8(10(7)13)6-12(2)11-9/h4-6,13H,3H2,1-2H3. The zero-order valence-electron chi connectivity index (χ0n) is 7.78. The third-order valence-electron chi connectivity index (χ3n) is 2.24. The van der Waals surface area contributed by atoms with Crippen molar-refractivity contribution in [3.63, 3.8) is 0 Å². The maximum Gasteiger partial charge on any atom is 0.129 e. The van der Waals surface area contributed by atoms with E-state index in [2.05, 4.69) is 5.10 Å². The molecule has 1 heterocycles. The number of phenolic OH excluding ortho intramolecular Hbond substituents is 1. The second kappa shape index (κ2) is 2.76. The Hall–Kier alpha value is -1.51. The van der Waals surface area contributed by atoms with Gasteiger partial charge in [0, 0.05) is 13.2 Å². The number of hydrogen-bond donors (Lipinski definition) is 1. The molecule has 0 unspecified atom stereocenters. The van der Waals surface area contributed by atoms with Crippen molar-refractivity contribution in [2.75, 3.05) is 0 Å². The monoisotopic (exact) mass is 176 g/mol. The van der Waals surface area contributed by atoms with E-state index in [1.807, 2.05) is 32.3 Å². The fraction of sp³-hybridized carbons (Fsp3) is 0.300. The molecule has 0 bridgehead atoms. The first-order chi connectivity index (χ1) is 6.22. The van der Waals surface area contributed by atoms with E-state index in [1.165, 1.54) is 0 Å². The largest absolute Gasteiger partial charge is 0.507 e. The van der Waals surface area contributed by atoms with E-state index in [4.69, 9.17) is 0 Å². The second-order valence-electron chi connectivity index (χ2n) is 3.16. The predicted molar refractivity (Wildman–Crippen MR) is 51.8 cm³/mol. The van der Waals surface area contributed by atoms with Crippen LogP contribution in [0, 0.1) is 0 Å². The van der Waals surface area contributed by atoms with Gasteiger partial charge in [-0.25, -0.2) is 0 Å². The normalized spacial score (nSPS) is 10.9. The molecule has 1 N–H and O–H groups in total. The Balaban J connectivity index is 2.78. The summed E-state index contributed by atoms with van der Waals surface area (Å²) in [6.45, 7) is 2.03. The smallest absolute Gasteiger partial charge is 0.129 e. The molecule has 3 nitrogen and oxygen atoms in total. The van der Waals surface area contributed by atoms with Gasteiger partial charge in [-0.1, -0.05) is 13.0 Å². The van der Waals surface area contributed by atoms with Crippen LogP contribution in [0.15, 0.2) is 18.3 Å². The molecule has 0 saturated heterocycles. The van der Waals surface area contributed by atoms with Gasteiger partial charge in [-0.15, -0.1) is 0 Å². The summed E-state index contributed by atoms with van der Waals surface area (Å²) < 4.78 is 1.71. The van der Waals surface area contributed by atoms with Crippen LogP contribution in [0.1, 0.15) is 12.5 Å². The average molecular weight is 176 g/mol. The molecule has 0 spiro atoms. The van der Waals surface area contributed by atoms with Crippen LogP contribution >= 0.6 is 0 Å². The maximum absolute atomic E-state index is 9.81. The van der Waals surface area contributed by atoms with Crippen LogP contribution in [0.4, 0.5) is 0 Å². The van der Waals surface area contributed by atoms with Crippen molar-refractivity contribution in [1.29, 1.82) is 0 Å². The Morgan fingerprint density at radius 2 is 2.23 bits per heavy atom. The molecule has 3 heteroatoms. The van der Waals surface area contributed by atoms with Crippen LogP contribution in [0.25, 0.3) is 10.9 Å². The fourth-order valence-electron chi connectivity index (χ4n) is 1.53. The Kier molecular flexibility index (Phi) is 1.72. The molecule has 0 atom stereocenters. The number of aromatic nitrogens is 2. The molecule has 1 aromatic heterocycles. The van der Waals surface area contributed by atoms with Crippen LogP contribution in [0.5, 0.6) is 5.75 Å². The Morgan fingerprint density at radius 3 is 2.92 bits per heavy atom. The molecule has 0 aliphatic heterocycles. The maximum atomic E-state index is 9.81. The van der Waals surface area contributed by atoms with E-state index in [1.54, 1.807) is 4.68 Å². The van der Waals surface area contributed by atoms with E-state index < -0.39 is 0 Å². The van der Waals surface area contributed by atoms with E-state index in [9.17, 15) is 5.11 Å². The number of nitrogens with zero attached hydrogens (tertiary/aromatic N) is 2. The molecular formula is C10H12N2O. The van der Waals surface area contributed by atoms with Crippen molar-refractivity contribution in [2.45, 2.75) is 13.3 Å². The highest BCUT2D eigenvalue weighted by Crippen LogP contribution is 2.27. The van der Waals surface area contributed by atoms with E-state index in [0.29, 0.717) is 5.75 Å². The lowest BCUT2D eigenvalue weighted by Gasteiger charge is -2.00. The van der Waals surface area contributed by atoms with Crippen LogP contribution in [0.2, 0.25) is 0 Å². The Morgan fingerprint density at radius 1 is 1.46 bits per heavy atom. The van der Waals surface area contributed by atoms with Gasteiger partial charge in [0.05, 0.1) is 10.9 Å². The number of aromatic hydroxyl groups is 1. The van der Waals surface area contributed by atoms with E-state index >= 15 is 0 Å². The van der Waals surface area contributed by atoms with Gasteiger partial charge in [0.15, 0.2) is 0 Å². The average Bonchev–Trinajstić information content (AvgIpc) is 2.47. The third kappa shape index (κ3) is 1.16. The Labute approximate surface area is 76.6 Å². The molecular weight excluding hydrogens is 164 g/mol. The van der Waals surface area contributed by atoms with Gasteiger partial charge in [0.1, 0.15) is 5.75 Å². The summed E-state index contributed by atoms with van der Waals surface area (Å²) in [5.41, 5.74) is 1.82. The lowest BCUT2D eigenvalue weighted by molar-refractivity contribution is 0.475. The lowest BCUT2D eigenvalue weighted by atomic mass is 10.1. The van der Waals surface area contributed by atoms with Crippen molar-refractivity contribution in [3.05, 3.63) is 23.9 Å². The summed E-state index contributed by atoms with van der Waals surface area (Å²) in [7, 11) is 1.85. The molecule has 2 aromatic rings. The number of aryl methyl sites for hydroxylation is 2. The minimum Gasteiger partial charge on any atom is -0.507 e. The molecule has 0 saturated carbocycles. The van der Waals surface area contributed by atoms with Crippen LogP contribution < -0.4 is 0 Å². The molecule has 0 aliphatic rings. The zero-order chi connectivity index (χ0) is 9.42. The van der Waals surface area contributed by atoms with Crippen molar-refractivity contribution in [3.8, 4) is 5.75 Å². The highest BCUT2D eigenvalue weighted by Gasteiger charge is 2.06. The van der Waals surface area contributed by atoms with Gasteiger partial charge in [-0.3, -0.25) is 4.68 Å². The topological polar surface area (TPSA) is 38.0 Å². The highest BCUT2D eigenvalue weighted by atomic mass is 16.3. The molecule has 0 fully saturated rings. The Bertz CT molecular complexity index is 445. The minimum atomic E-state index is 0.369. The highest BCUT2D eigenvalue weighted by molar-refractivity contribution is 5.85. The number of benzene rings is 1. The SMILES string of the molecule is CCc1ccc2nn(C)cc2c1O. The van der Waals surface area contributed by atoms with Crippen LogP contribution in [0.3, 0.4) is 0 Å². The molecule has 0 amide bonds. The summed E-state index contributed by atoms with van der Waals surface area (Å²) in [6.07, 6.45) is 2.68. The van der Waals surface area contributed by atoms with Gasteiger partial charge >= 0.3 is 0 Å². The third-order valence-corrected chi connectivity index (χ3v) is 2.24. The predicted octanol–water partition coefficient (Wildman–Crippen LogP) is 1.84. The van der Waals surface area contributed by atoms with Crippen molar-refractivity contribution < 1.29 is 5.11 Å². The molecule has 13 heavy (non-hydrogen) atoms. The zero-order valence-corrected chi connectivity index (χ0v) is 7.78. The van der Waals surface area contributed by atoms with Crippen molar-refractivity contribution in [1.82, 2.24) is 9.78 Å². The van der Waals surface area contributed by atoms with Gasteiger partial charge < -0.3 is 5.11 Å². The first-order valence-corrected chi connectivity index (χ1v) is 4.36. The second-order valence-corrected chi connectivity index (χ2v) is 3.16. The number of phenols is 1. The molecule has 2 rings (SSSR count). The molecule has 0 radical (unpaired) electrons. The molecule has 1 aromatic carbocycles. The van der Waals surface area contributed by atoms with Crippen molar-refractivity contribution >= 4 is 10.9 Å². The summed E-state index contributed by atoms with van der Waals surface area (Å²) in [5, 5.41) is 14.9. The molecule has 68 valence electrons. The van der Waals surface area contributed by atoms with Crippen LogP contribution in [-0.4, -0.2) is 14.9 Å². The van der Waals surface area contributed by atoms with Crippen molar-refractivity contribution in [2.24, 2.45) is 7.05 Å². The number of rotatable bonds is 1. The molecule has 0 aliphatic carbocycles. The van der Waals surface area contributed by atoms with Gasteiger partial charge in [-0.05, 0) is 18.1 Å². The van der Waals surface area contributed by atoms with E-state index in [-0.39, 0.29) is 0 Å². The lowest BCUT2D eigenvalue weighted by Crippen LogP contribution is -1.84. The fourth-order valence-corrected chi connectivity index (χ4v) is 1.53. The van der Waals surface area contributed by atoms with Gasteiger partial charge in [0.25, 0.3) is 0 Å². The summed E-state index contributed by atoms with van der Waals surface area (Å²) in [6, 6.07) is 3.86. The van der Waals surface area contributed by atoms with Gasteiger partial charge in [-0.2, -0.15) is 5.10 Å². The number of hydrogen-bond acceptors (Lipinski definition) is 2. The van der Waals surface area contributed by atoms with Gasteiger partial charge in [0.2, 0.25) is 0 Å². The summed E-state index contributed by atoms with van der Waals surface area (Å²) in [4.78, 5) is 0. The quantitative estimate of drug-likeness (QED) is 0.720. The summed E-state index contributed by atoms with van der Waals surface area (Å²) >= 11 is 0. The minimum absolute atomic E-state index is 0.369. The summed E-state index contributed by atoms with van der Waals surface area (Å²) in [5.74, 6) is 0.369. The van der Waals surface area contributed by atoms with E-state index in [0.717, 1.165) is 22.9 Å². The first-order valence-electron chi connectivity index (χ1n) is 4.36. The number of fused-ring (bicyclic) bond motifs is 1. The van der Waals surface area contributed by atoms with Crippen LogP contribution in [-0.2, 0) is 13.5 Å². The first kappa shape index (κ1) is 8.10.